The molecule has 1 aliphatic rings. The molecule has 2 aromatic rings. The van der Waals surface area contributed by atoms with Crippen molar-refractivity contribution in [3.05, 3.63) is 54.4 Å². The van der Waals surface area contributed by atoms with Crippen molar-refractivity contribution >= 4 is 10.8 Å². The van der Waals surface area contributed by atoms with Crippen molar-refractivity contribution in [2.24, 2.45) is 5.92 Å². The highest BCUT2D eigenvalue weighted by Gasteiger charge is 2.37. The Bertz CT molecular complexity index is 614. The first-order valence-electron chi connectivity index (χ1n) is 6.65. The molecule has 3 nitrogen and oxygen atoms in total. The van der Waals surface area contributed by atoms with Crippen molar-refractivity contribution in [1.82, 2.24) is 4.98 Å². The summed E-state index contributed by atoms with van der Waals surface area (Å²) < 4.78 is 0. The molecule has 2 N–H and O–H groups in total. The maximum atomic E-state index is 10.6. The van der Waals surface area contributed by atoms with E-state index in [-0.39, 0.29) is 5.92 Å². The Morgan fingerprint density at radius 1 is 1.16 bits per heavy atom. The standard InChI is InChI=1S/C16H17NO2/c18-16(19,13-7-2-1-3-8-13)15-14-9-5-4-6-12(14)10-11-17-15/h2,4-7,9-11,13,18-19H,1,3,8H2. The van der Waals surface area contributed by atoms with Crippen LogP contribution in [-0.4, -0.2) is 15.2 Å². The van der Waals surface area contributed by atoms with E-state index in [1.165, 1.54) is 0 Å². The number of hydrogen-bond donors (Lipinski definition) is 2. The molecule has 0 bridgehead atoms. The molecule has 1 aromatic heterocycles. The van der Waals surface area contributed by atoms with Crippen LogP contribution in [0.25, 0.3) is 10.8 Å². The second kappa shape index (κ2) is 4.76. The molecule has 1 aromatic carbocycles. The van der Waals surface area contributed by atoms with Gasteiger partial charge in [-0.15, -0.1) is 0 Å². The fourth-order valence-electron chi connectivity index (χ4n) is 2.74. The van der Waals surface area contributed by atoms with Gasteiger partial charge >= 0.3 is 0 Å². The van der Waals surface area contributed by atoms with Gasteiger partial charge in [0.25, 0.3) is 0 Å². The lowest BCUT2D eigenvalue weighted by Gasteiger charge is -2.31. The largest absolute Gasteiger partial charge is 0.360 e. The van der Waals surface area contributed by atoms with Crippen LogP contribution in [-0.2, 0) is 5.79 Å². The van der Waals surface area contributed by atoms with Gasteiger partial charge in [-0.1, -0.05) is 36.4 Å². The molecular weight excluding hydrogens is 238 g/mol. The van der Waals surface area contributed by atoms with E-state index < -0.39 is 5.79 Å². The van der Waals surface area contributed by atoms with Gasteiger partial charge in [0.15, 0.2) is 0 Å². The molecule has 0 saturated heterocycles. The predicted molar refractivity (Wildman–Crippen MR) is 74.3 cm³/mol. The lowest BCUT2D eigenvalue weighted by atomic mass is 9.85. The zero-order chi connectivity index (χ0) is 13.3. The van der Waals surface area contributed by atoms with Crippen molar-refractivity contribution in [2.75, 3.05) is 0 Å². The van der Waals surface area contributed by atoms with Crippen LogP contribution < -0.4 is 0 Å². The minimum atomic E-state index is -1.90. The average molecular weight is 255 g/mol. The number of nitrogens with zero attached hydrogens (tertiary/aromatic N) is 1. The van der Waals surface area contributed by atoms with E-state index in [1.54, 1.807) is 6.20 Å². The van der Waals surface area contributed by atoms with Crippen LogP contribution in [0, 0.1) is 5.92 Å². The summed E-state index contributed by atoms with van der Waals surface area (Å²) in [7, 11) is 0. The first-order chi connectivity index (χ1) is 9.19. The van der Waals surface area contributed by atoms with Crippen molar-refractivity contribution in [3.63, 3.8) is 0 Å². The van der Waals surface area contributed by atoms with Gasteiger partial charge in [0.05, 0.1) is 0 Å². The van der Waals surface area contributed by atoms with Gasteiger partial charge in [0.2, 0.25) is 5.79 Å². The van der Waals surface area contributed by atoms with Gasteiger partial charge in [0.1, 0.15) is 5.69 Å². The third-order valence-electron chi connectivity index (χ3n) is 3.79. The summed E-state index contributed by atoms with van der Waals surface area (Å²) in [6.07, 6.45) is 8.30. The van der Waals surface area contributed by atoms with E-state index in [9.17, 15) is 10.2 Å². The lowest BCUT2D eigenvalue weighted by Crippen LogP contribution is -2.35. The highest BCUT2D eigenvalue weighted by atomic mass is 16.5. The van der Waals surface area contributed by atoms with Gasteiger partial charge in [-0.25, -0.2) is 0 Å². The third kappa shape index (κ3) is 2.15. The highest BCUT2D eigenvalue weighted by molar-refractivity contribution is 5.84. The average Bonchev–Trinajstić information content (AvgIpc) is 2.47. The Morgan fingerprint density at radius 3 is 2.79 bits per heavy atom. The number of pyridine rings is 1. The molecule has 0 fully saturated rings. The van der Waals surface area contributed by atoms with Crippen LogP contribution in [0.4, 0.5) is 0 Å². The molecular formula is C16H17NO2. The molecule has 0 aliphatic heterocycles. The number of fused-ring (bicyclic) bond motifs is 1. The first kappa shape index (κ1) is 12.3. The Hall–Kier alpha value is -1.71. The Balaban J connectivity index is 2.12. The molecule has 0 spiro atoms. The number of allylic oxidation sites excluding steroid dienone is 1. The van der Waals surface area contributed by atoms with Gasteiger partial charge in [-0.3, -0.25) is 4.98 Å². The number of aromatic nitrogens is 1. The van der Waals surface area contributed by atoms with E-state index in [4.69, 9.17) is 0 Å². The minimum absolute atomic E-state index is 0.292. The topological polar surface area (TPSA) is 53.4 Å². The number of benzene rings is 1. The Morgan fingerprint density at radius 2 is 2.00 bits per heavy atom. The fraction of sp³-hybridized carbons (Fsp3) is 0.312. The quantitative estimate of drug-likeness (QED) is 0.641. The van der Waals surface area contributed by atoms with E-state index >= 15 is 0 Å². The van der Waals surface area contributed by atoms with E-state index in [2.05, 4.69) is 4.98 Å². The van der Waals surface area contributed by atoms with E-state index in [0.29, 0.717) is 5.69 Å². The van der Waals surface area contributed by atoms with Crippen molar-refractivity contribution in [2.45, 2.75) is 25.0 Å². The summed E-state index contributed by atoms with van der Waals surface area (Å²) in [6.45, 7) is 0. The molecule has 19 heavy (non-hydrogen) atoms. The van der Waals surface area contributed by atoms with Crippen molar-refractivity contribution in [1.29, 1.82) is 0 Å². The normalized spacial score (nSPS) is 19.8. The van der Waals surface area contributed by atoms with Crippen LogP contribution in [0.5, 0.6) is 0 Å². The van der Waals surface area contributed by atoms with Gasteiger partial charge in [0, 0.05) is 17.5 Å². The molecule has 1 heterocycles. The van der Waals surface area contributed by atoms with Crippen molar-refractivity contribution < 1.29 is 10.2 Å². The summed E-state index contributed by atoms with van der Waals surface area (Å²) in [6, 6.07) is 9.54. The second-order valence-electron chi connectivity index (χ2n) is 5.07. The molecule has 1 atom stereocenters. The fourth-order valence-corrected chi connectivity index (χ4v) is 2.74. The summed E-state index contributed by atoms with van der Waals surface area (Å²) in [4.78, 5) is 4.22. The van der Waals surface area contributed by atoms with E-state index in [0.717, 1.165) is 30.0 Å². The van der Waals surface area contributed by atoms with Crippen LogP contribution in [0.3, 0.4) is 0 Å². The minimum Gasteiger partial charge on any atom is -0.360 e. The molecule has 0 saturated carbocycles. The van der Waals surface area contributed by atoms with Crippen LogP contribution in [0.2, 0.25) is 0 Å². The number of aliphatic hydroxyl groups is 2. The maximum Gasteiger partial charge on any atom is 0.214 e. The number of hydrogen-bond acceptors (Lipinski definition) is 3. The van der Waals surface area contributed by atoms with Crippen molar-refractivity contribution in [3.8, 4) is 0 Å². The first-order valence-corrected chi connectivity index (χ1v) is 6.65. The highest BCUT2D eigenvalue weighted by Crippen LogP contribution is 2.36. The summed E-state index contributed by atoms with van der Waals surface area (Å²) in [5.74, 6) is -2.20. The van der Waals surface area contributed by atoms with Gasteiger partial charge in [-0.05, 0) is 30.7 Å². The Labute approximate surface area is 112 Å². The smallest absolute Gasteiger partial charge is 0.214 e. The van der Waals surface area contributed by atoms with Crippen LogP contribution in [0.1, 0.15) is 25.0 Å². The zero-order valence-corrected chi connectivity index (χ0v) is 10.7. The van der Waals surface area contributed by atoms with Gasteiger partial charge in [-0.2, -0.15) is 0 Å². The molecule has 1 unspecified atom stereocenters. The molecule has 0 radical (unpaired) electrons. The summed E-state index contributed by atoms with van der Waals surface area (Å²) in [5, 5.41) is 22.9. The lowest BCUT2D eigenvalue weighted by molar-refractivity contribution is -0.202. The molecule has 3 heteroatoms. The monoisotopic (exact) mass is 255 g/mol. The molecule has 0 amide bonds. The second-order valence-corrected chi connectivity index (χ2v) is 5.07. The Kier molecular flexibility index (Phi) is 3.09. The third-order valence-corrected chi connectivity index (χ3v) is 3.79. The van der Waals surface area contributed by atoms with Gasteiger partial charge < -0.3 is 10.2 Å². The summed E-state index contributed by atoms with van der Waals surface area (Å²) in [5.41, 5.74) is 0.349. The van der Waals surface area contributed by atoms with Crippen LogP contribution >= 0.6 is 0 Å². The zero-order valence-electron chi connectivity index (χ0n) is 10.7. The van der Waals surface area contributed by atoms with Crippen LogP contribution in [0.15, 0.2) is 48.7 Å². The SMILES string of the molecule is OC(O)(c1nccc2ccccc12)C1C=CCCC1. The van der Waals surface area contributed by atoms with E-state index in [1.807, 2.05) is 42.5 Å². The predicted octanol–water partition coefficient (Wildman–Crippen LogP) is 2.73. The maximum absolute atomic E-state index is 10.6. The molecule has 3 rings (SSSR count). The molecule has 98 valence electrons. The molecule has 1 aliphatic carbocycles. The number of rotatable bonds is 2. The summed E-state index contributed by atoms with van der Waals surface area (Å²) >= 11 is 0.